The second-order valence-corrected chi connectivity index (χ2v) is 4.97. The Balaban J connectivity index is 0.00000289. The van der Waals surface area contributed by atoms with E-state index >= 15 is 0 Å². The minimum absolute atomic E-state index is 0. The number of nitrogens with one attached hydrogen (secondary N) is 2. The first-order valence-electron chi connectivity index (χ1n) is 6.29. The maximum absolute atomic E-state index is 11.7. The zero-order chi connectivity index (χ0) is 12.9. The number of carbonyl (C=O) groups is 2. The van der Waals surface area contributed by atoms with Gasteiger partial charge in [-0.3, -0.25) is 9.59 Å². The van der Waals surface area contributed by atoms with E-state index in [2.05, 4.69) is 10.6 Å². The molecule has 4 N–H and O–H groups in total. The molecule has 1 rings (SSSR count). The van der Waals surface area contributed by atoms with E-state index < -0.39 is 0 Å². The van der Waals surface area contributed by atoms with Crippen molar-refractivity contribution in [3.63, 3.8) is 0 Å². The number of amides is 2. The minimum Gasteiger partial charge on any atom is -0.348 e. The van der Waals surface area contributed by atoms with Crippen LogP contribution in [0, 0.1) is 5.92 Å². The average Bonchev–Trinajstić information content (AvgIpc) is 3.10. The highest BCUT2D eigenvalue weighted by Crippen LogP contribution is 2.38. The lowest BCUT2D eigenvalue weighted by Gasteiger charge is -2.29. The van der Waals surface area contributed by atoms with Gasteiger partial charge >= 0.3 is 0 Å². The van der Waals surface area contributed by atoms with Crippen LogP contribution in [0.5, 0.6) is 0 Å². The number of carbonyl (C=O) groups excluding carboxylic acids is 2. The molecular formula is C12H24ClN3O2. The summed E-state index contributed by atoms with van der Waals surface area (Å²) < 4.78 is 0. The van der Waals surface area contributed by atoms with Gasteiger partial charge in [-0.1, -0.05) is 6.92 Å². The highest BCUT2D eigenvalue weighted by molar-refractivity contribution is 5.85. The van der Waals surface area contributed by atoms with E-state index in [1.165, 1.54) is 0 Å². The fourth-order valence-electron chi connectivity index (χ4n) is 1.90. The van der Waals surface area contributed by atoms with E-state index in [4.69, 9.17) is 5.73 Å². The van der Waals surface area contributed by atoms with Crippen molar-refractivity contribution in [3.05, 3.63) is 0 Å². The monoisotopic (exact) mass is 277 g/mol. The molecule has 1 fully saturated rings. The van der Waals surface area contributed by atoms with Crippen molar-refractivity contribution in [2.24, 2.45) is 11.7 Å². The zero-order valence-corrected chi connectivity index (χ0v) is 11.9. The van der Waals surface area contributed by atoms with Crippen LogP contribution in [0.1, 0.15) is 39.5 Å². The maximum atomic E-state index is 11.7. The van der Waals surface area contributed by atoms with Crippen LogP contribution in [0.2, 0.25) is 0 Å². The topological polar surface area (TPSA) is 84.2 Å². The van der Waals surface area contributed by atoms with Gasteiger partial charge in [-0.2, -0.15) is 0 Å². The Kier molecular flexibility index (Phi) is 7.25. The van der Waals surface area contributed by atoms with Gasteiger partial charge in [-0.15, -0.1) is 12.4 Å². The lowest BCUT2D eigenvalue weighted by molar-refractivity contribution is -0.127. The third-order valence-electron chi connectivity index (χ3n) is 3.25. The molecule has 0 spiro atoms. The van der Waals surface area contributed by atoms with Crippen LogP contribution < -0.4 is 16.4 Å². The van der Waals surface area contributed by atoms with Gasteiger partial charge in [0.05, 0.1) is 12.1 Å². The van der Waals surface area contributed by atoms with E-state index in [0.29, 0.717) is 18.9 Å². The zero-order valence-electron chi connectivity index (χ0n) is 11.1. The number of hydrogen-bond donors (Lipinski definition) is 3. The van der Waals surface area contributed by atoms with Crippen molar-refractivity contribution >= 4 is 24.2 Å². The van der Waals surface area contributed by atoms with Gasteiger partial charge in [0.1, 0.15) is 0 Å². The summed E-state index contributed by atoms with van der Waals surface area (Å²) in [4.78, 5) is 22.9. The Labute approximate surface area is 115 Å². The fraction of sp³-hybridized carbons (Fsp3) is 0.833. The van der Waals surface area contributed by atoms with Crippen molar-refractivity contribution < 1.29 is 9.59 Å². The van der Waals surface area contributed by atoms with E-state index in [0.717, 1.165) is 19.3 Å². The summed E-state index contributed by atoms with van der Waals surface area (Å²) in [5.74, 6) is 0.251. The predicted octanol–water partition coefficient (Wildman–Crippen LogP) is 0.568. The Morgan fingerprint density at radius 1 is 1.33 bits per heavy atom. The van der Waals surface area contributed by atoms with Gasteiger partial charge in [0.2, 0.25) is 11.8 Å². The number of halogens is 1. The van der Waals surface area contributed by atoms with E-state index in [9.17, 15) is 9.59 Å². The summed E-state index contributed by atoms with van der Waals surface area (Å²) in [6, 6.07) is 0. The largest absolute Gasteiger partial charge is 0.348 e. The molecule has 1 saturated carbocycles. The molecule has 0 aromatic heterocycles. The van der Waals surface area contributed by atoms with Crippen molar-refractivity contribution in [2.75, 3.05) is 13.1 Å². The molecule has 1 aliphatic rings. The molecule has 0 saturated heterocycles. The Hall–Kier alpha value is -0.810. The summed E-state index contributed by atoms with van der Waals surface area (Å²) in [7, 11) is 0. The van der Waals surface area contributed by atoms with Gasteiger partial charge in [0, 0.05) is 13.0 Å². The Morgan fingerprint density at radius 3 is 2.39 bits per heavy atom. The summed E-state index contributed by atoms with van der Waals surface area (Å²) >= 11 is 0. The average molecular weight is 278 g/mol. The van der Waals surface area contributed by atoms with Crippen molar-refractivity contribution in [1.82, 2.24) is 10.6 Å². The summed E-state index contributed by atoms with van der Waals surface area (Å²) in [6.07, 6.45) is 3.49. The molecule has 106 valence electrons. The Morgan fingerprint density at radius 2 is 1.94 bits per heavy atom. The number of nitrogens with two attached hydrogens (primary N) is 1. The van der Waals surface area contributed by atoms with E-state index in [-0.39, 0.29) is 36.3 Å². The molecule has 0 bridgehead atoms. The molecule has 1 aliphatic carbocycles. The molecular weight excluding hydrogens is 254 g/mol. The molecule has 1 atom stereocenters. The molecule has 6 heteroatoms. The van der Waals surface area contributed by atoms with Gasteiger partial charge in [0.25, 0.3) is 0 Å². The second kappa shape index (κ2) is 7.59. The first-order valence-corrected chi connectivity index (χ1v) is 6.29. The fourth-order valence-corrected chi connectivity index (χ4v) is 1.90. The van der Waals surface area contributed by atoms with Gasteiger partial charge < -0.3 is 16.4 Å². The quantitative estimate of drug-likeness (QED) is 0.636. The lowest BCUT2D eigenvalue weighted by atomic mass is 9.96. The summed E-state index contributed by atoms with van der Waals surface area (Å²) in [6.45, 7) is 4.38. The SMILES string of the molecule is CCCC(=O)NCC(=O)NC(C)(CN)C1CC1.Cl. The minimum atomic E-state index is -0.313. The van der Waals surface area contributed by atoms with Crippen LogP contribution >= 0.6 is 12.4 Å². The summed E-state index contributed by atoms with van der Waals surface area (Å²) in [5.41, 5.74) is 5.38. The van der Waals surface area contributed by atoms with Gasteiger partial charge in [0.15, 0.2) is 0 Å². The molecule has 0 radical (unpaired) electrons. The Bertz CT molecular complexity index is 295. The molecule has 0 aromatic rings. The van der Waals surface area contributed by atoms with Crippen molar-refractivity contribution in [3.8, 4) is 0 Å². The van der Waals surface area contributed by atoms with Crippen LogP contribution in [0.25, 0.3) is 0 Å². The molecule has 18 heavy (non-hydrogen) atoms. The molecule has 0 aliphatic heterocycles. The first kappa shape index (κ1) is 17.2. The third-order valence-corrected chi connectivity index (χ3v) is 3.25. The first-order chi connectivity index (χ1) is 8.01. The van der Waals surface area contributed by atoms with Crippen molar-refractivity contribution in [1.29, 1.82) is 0 Å². The second-order valence-electron chi connectivity index (χ2n) is 4.97. The number of hydrogen-bond acceptors (Lipinski definition) is 3. The molecule has 5 nitrogen and oxygen atoms in total. The van der Waals surface area contributed by atoms with Crippen LogP contribution in [0.4, 0.5) is 0 Å². The van der Waals surface area contributed by atoms with E-state index in [1.54, 1.807) is 0 Å². The smallest absolute Gasteiger partial charge is 0.239 e. The third kappa shape index (κ3) is 5.23. The highest BCUT2D eigenvalue weighted by Gasteiger charge is 2.41. The van der Waals surface area contributed by atoms with Gasteiger partial charge in [-0.25, -0.2) is 0 Å². The highest BCUT2D eigenvalue weighted by atomic mass is 35.5. The summed E-state index contributed by atoms with van der Waals surface area (Å²) in [5, 5.41) is 5.52. The molecule has 0 aromatic carbocycles. The van der Waals surface area contributed by atoms with Crippen LogP contribution in [0.15, 0.2) is 0 Å². The van der Waals surface area contributed by atoms with Crippen LogP contribution in [0.3, 0.4) is 0 Å². The molecule has 1 unspecified atom stereocenters. The molecule has 2 amide bonds. The van der Waals surface area contributed by atoms with Crippen LogP contribution in [-0.2, 0) is 9.59 Å². The lowest BCUT2D eigenvalue weighted by Crippen LogP contribution is -2.55. The standard InChI is InChI=1S/C12H23N3O2.ClH/c1-3-4-10(16)14-7-11(17)15-12(2,8-13)9-5-6-9;/h9H,3-8,13H2,1-2H3,(H,14,16)(H,15,17);1H. The number of rotatable bonds is 7. The molecule has 0 heterocycles. The van der Waals surface area contributed by atoms with E-state index in [1.807, 2.05) is 13.8 Å². The van der Waals surface area contributed by atoms with Crippen LogP contribution in [-0.4, -0.2) is 30.4 Å². The van der Waals surface area contributed by atoms with Crippen molar-refractivity contribution in [2.45, 2.75) is 45.1 Å². The normalized spacial score (nSPS) is 17.3. The maximum Gasteiger partial charge on any atom is 0.239 e. The predicted molar refractivity (Wildman–Crippen MR) is 73.5 cm³/mol. The van der Waals surface area contributed by atoms with Gasteiger partial charge in [-0.05, 0) is 32.1 Å².